The molecule has 0 saturated carbocycles. The molecule has 0 aromatic heterocycles. The molecule has 146 valence electrons. The highest BCUT2D eigenvalue weighted by molar-refractivity contribution is 6.01. The van der Waals surface area contributed by atoms with Gasteiger partial charge in [-0.05, 0) is 43.8 Å². The summed E-state index contributed by atoms with van der Waals surface area (Å²) in [6.45, 7) is 6.67. The van der Waals surface area contributed by atoms with Gasteiger partial charge in [0.2, 0.25) is 0 Å². The van der Waals surface area contributed by atoms with Crippen molar-refractivity contribution in [2.45, 2.75) is 26.8 Å². The molecule has 4 nitrogen and oxygen atoms in total. The maximum Gasteiger partial charge on any atom is 0.256 e. The fraction of sp³-hybridized carbons (Fsp3) is 0.350. The summed E-state index contributed by atoms with van der Waals surface area (Å²) < 4.78 is 42.0. The number of carbonyl (C=O) groups is 1. The highest BCUT2D eigenvalue weighted by Gasteiger charge is 2.32. The number of nitrogens with zero attached hydrogens (tertiary/aromatic N) is 1. The number of anilines is 2. The second-order valence-electron chi connectivity index (χ2n) is 6.09. The van der Waals surface area contributed by atoms with Crippen LogP contribution in [0.15, 0.2) is 30.3 Å². The van der Waals surface area contributed by atoms with Crippen LogP contribution in [-0.2, 0) is 0 Å². The van der Waals surface area contributed by atoms with E-state index in [-0.39, 0.29) is 23.0 Å². The first-order valence-corrected chi connectivity index (χ1v) is 8.88. The Bertz CT molecular complexity index is 820. The molecule has 2 N–H and O–H groups in total. The molecule has 7 heteroatoms. The summed E-state index contributed by atoms with van der Waals surface area (Å²) in [5.74, 6) is -3.36. The number of carbonyl (C=O) groups excluding carboxylic acids is 1. The number of nitrogens with one attached hydrogen (secondary N) is 2. The minimum Gasteiger partial charge on any atom is -0.350 e. The zero-order valence-corrected chi connectivity index (χ0v) is 15.9. The summed E-state index contributed by atoms with van der Waals surface area (Å²) in [6.07, 6.45) is 0. The first kappa shape index (κ1) is 20.8. The van der Waals surface area contributed by atoms with E-state index >= 15 is 0 Å². The second-order valence-corrected chi connectivity index (χ2v) is 6.09. The molecule has 2 aromatic carbocycles. The first-order valence-electron chi connectivity index (χ1n) is 8.88. The van der Waals surface area contributed by atoms with Crippen molar-refractivity contribution in [1.82, 2.24) is 10.2 Å². The highest BCUT2D eigenvalue weighted by atomic mass is 19.2. The number of hydrogen-bond donors (Lipinski definition) is 2. The molecule has 0 atom stereocenters. The zero-order chi connectivity index (χ0) is 20.1. The Labute approximate surface area is 157 Å². The van der Waals surface area contributed by atoms with Crippen LogP contribution in [0.1, 0.15) is 29.8 Å². The zero-order valence-electron chi connectivity index (χ0n) is 15.9. The molecule has 0 bridgehead atoms. The third-order valence-electron chi connectivity index (χ3n) is 4.29. The van der Waals surface area contributed by atoms with Gasteiger partial charge in [-0.3, -0.25) is 4.79 Å². The van der Waals surface area contributed by atoms with Gasteiger partial charge in [-0.2, -0.15) is 0 Å². The van der Waals surface area contributed by atoms with E-state index in [4.69, 9.17) is 0 Å². The largest absolute Gasteiger partial charge is 0.350 e. The summed E-state index contributed by atoms with van der Waals surface area (Å²) in [5.41, 5.74) is 0.271. The lowest BCUT2D eigenvalue weighted by molar-refractivity contribution is 0.0577. The monoisotopic (exact) mass is 379 g/mol. The van der Waals surface area contributed by atoms with E-state index in [1.54, 1.807) is 20.0 Å². The van der Waals surface area contributed by atoms with Gasteiger partial charge in [0, 0.05) is 19.1 Å². The average molecular weight is 379 g/mol. The molecule has 1 heterocycles. The first-order chi connectivity index (χ1) is 12.9. The Balaban J connectivity index is 0.00000126. The molecule has 1 amide bonds. The molecule has 1 aliphatic heterocycles. The minimum atomic E-state index is -1.21. The van der Waals surface area contributed by atoms with Crippen LogP contribution in [0.3, 0.4) is 0 Å². The van der Waals surface area contributed by atoms with E-state index in [9.17, 15) is 18.0 Å². The van der Waals surface area contributed by atoms with Crippen LogP contribution in [0.4, 0.5) is 24.5 Å². The van der Waals surface area contributed by atoms with Gasteiger partial charge >= 0.3 is 0 Å². The van der Waals surface area contributed by atoms with Crippen molar-refractivity contribution in [3.63, 3.8) is 0 Å². The van der Waals surface area contributed by atoms with Gasteiger partial charge in [0.25, 0.3) is 5.91 Å². The van der Waals surface area contributed by atoms with Crippen LogP contribution in [0.5, 0.6) is 0 Å². The summed E-state index contributed by atoms with van der Waals surface area (Å²) in [4.78, 5) is 14.1. The third kappa shape index (κ3) is 4.42. The smallest absolute Gasteiger partial charge is 0.256 e. The third-order valence-corrected chi connectivity index (χ3v) is 4.29. The Hall–Kier alpha value is -2.54. The maximum atomic E-state index is 14.3. The summed E-state index contributed by atoms with van der Waals surface area (Å²) >= 11 is 0. The molecule has 2 aromatic rings. The van der Waals surface area contributed by atoms with E-state index in [0.717, 1.165) is 6.07 Å². The van der Waals surface area contributed by atoms with E-state index in [2.05, 4.69) is 10.6 Å². The Morgan fingerprint density at radius 1 is 1.07 bits per heavy atom. The van der Waals surface area contributed by atoms with E-state index in [0.29, 0.717) is 18.7 Å². The van der Waals surface area contributed by atoms with Gasteiger partial charge in [-0.25, -0.2) is 13.2 Å². The van der Waals surface area contributed by atoms with Gasteiger partial charge < -0.3 is 15.5 Å². The van der Waals surface area contributed by atoms with Crippen molar-refractivity contribution in [3.8, 4) is 0 Å². The molecular formula is C20H24F3N3O. The fourth-order valence-corrected chi connectivity index (χ4v) is 2.70. The molecule has 1 aliphatic rings. The van der Waals surface area contributed by atoms with Crippen LogP contribution in [0.25, 0.3) is 0 Å². The Kier molecular flexibility index (Phi) is 6.85. The number of hydrogen-bond acceptors (Lipinski definition) is 3. The number of halogens is 3. The van der Waals surface area contributed by atoms with Crippen molar-refractivity contribution >= 4 is 17.3 Å². The SMILES string of the molecule is CC.CNC1CN(C(=O)c2ccc(F)c(F)c2Nc2ccc(C)cc2F)C1. The number of likely N-dealkylation sites (N-methyl/N-ethyl adjacent to an activating group) is 1. The maximum absolute atomic E-state index is 14.3. The number of aryl methyl sites for hydroxylation is 1. The molecule has 0 radical (unpaired) electrons. The lowest BCUT2D eigenvalue weighted by Crippen LogP contribution is -2.59. The summed E-state index contributed by atoms with van der Waals surface area (Å²) in [5, 5.41) is 5.57. The van der Waals surface area contributed by atoms with Crippen LogP contribution >= 0.6 is 0 Å². The Morgan fingerprint density at radius 3 is 2.33 bits per heavy atom. The molecule has 1 fully saturated rings. The van der Waals surface area contributed by atoms with E-state index in [1.807, 2.05) is 13.8 Å². The molecule has 0 unspecified atom stereocenters. The van der Waals surface area contributed by atoms with Crippen molar-refractivity contribution in [2.75, 3.05) is 25.5 Å². The van der Waals surface area contributed by atoms with E-state index < -0.39 is 23.4 Å². The fourth-order valence-electron chi connectivity index (χ4n) is 2.70. The predicted molar refractivity (Wildman–Crippen MR) is 101 cm³/mol. The highest BCUT2D eigenvalue weighted by Crippen LogP contribution is 2.30. The standard InChI is InChI=1S/C18H18F3N3O.C2H6/c1-10-3-6-15(14(20)7-10)23-17-12(4-5-13(19)16(17)21)18(25)24-8-11(9-24)22-2;1-2/h3-7,11,22-23H,8-9H2,1-2H3;1-2H3. The van der Waals surface area contributed by atoms with Crippen LogP contribution in [0.2, 0.25) is 0 Å². The van der Waals surface area contributed by atoms with Crippen molar-refractivity contribution in [3.05, 3.63) is 58.9 Å². The topological polar surface area (TPSA) is 44.4 Å². The quantitative estimate of drug-likeness (QED) is 0.836. The predicted octanol–water partition coefficient (Wildman–Crippen LogP) is 4.23. The lowest BCUT2D eigenvalue weighted by Gasteiger charge is -2.39. The second kappa shape index (κ2) is 8.90. The number of rotatable bonds is 4. The molecule has 0 spiro atoms. The number of amides is 1. The molecule has 0 aliphatic carbocycles. The number of benzene rings is 2. The van der Waals surface area contributed by atoms with Crippen LogP contribution in [-0.4, -0.2) is 37.0 Å². The van der Waals surface area contributed by atoms with Gasteiger partial charge in [0.15, 0.2) is 11.6 Å². The van der Waals surface area contributed by atoms with Gasteiger partial charge in [-0.15, -0.1) is 0 Å². The van der Waals surface area contributed by atoms with Gasteiger partial charge in [-0.1, -0.05) is 19.9 Å². The molecule has 3 rings (SSSR count). The van der Waals surface area contributed by atoms with Crippen molar-refractivity contribution < 1.29 is 18.0 Å². The van der Waals surface area contributed by atoms with Crippen LogP contribution < -0.4 is 10.6 Å². The minimum absolute atomic E-state index is 0.0270. The van der Waals surface area contributed by atoms with Crippen LogP contribution in [0, 0.1) is 24.4 Å². The molecule has 27 heavy (non-hydrogen) atoms. The molecular weight excluding hydrogens is 355 g/mol. The number of likely N-dealkylation sites (tertiary alicyclic amines) is 1. The summed E-state index contributed by atoms with van der Waals surface area (Å²) in [6, 6.07) is 6.62. The van der Waals surface area contributed by atoms with Crippen molar-refractivity contribution in [1.29, 1.82) is 0 Å². The lowest BCUT2D eigenvalue weighted by atomic mass is 10.0. The molecule has 1 saturated heterocycles. The van der Waals surface area contributed by atoms with E-state index in [1.165, 1.54) is 23.1 Å². The Morgan fingerprint density at radius 2 is 1.74 bits per heavy atom. The summed E-state index contributed by atoms with van der Waals surface area (Å²) in [7, 11) is 1.79. The normalized spacial score (nSPS) is 13.5. The average Bonchev–Trinajstić information content (AvgIpc) is 2.62. The van der Waals surface area contributed by atoms with Crippen molar-refractivity contribution in [2.24, 2.45) is 0 Å². The van der Waals surface area contributed by atoms with Gasteiger partial charge in [0.05, 0.1) is 16.9 Å². The van der Waals surface area contributed by atoms with Gasteiger partial charge in [0.1, 0.15) is 5.82 Å².